The van der Waals surface area contributed by atoms with Crippen LogP contribution in [0, 0.1) is 0 Å². The fourth-order valence-electron chi connectivity index (χ4n) is 2.23. The number of benzene rings is 1. The predicted molar refractivity (Wildman–Crippen MR) is 95.2 cm³/mol. The number of para-hydroxylation sites is 1. The zero-order valence-electron chi connectivity index (χ0n) is 13.0. The lowest BCUT2D eigenvalue weighted by atomic mass is 10.3. The highest BCUT2D eigenvalue weighted by atomic mass is 79.9. The number of carbonyl (C=O) groups is 2. The highest BCUT2D eigenvalue weighted by Gasteiger charge is 2.33. The zero-order valence-corrected chi connectivity index (χ0v) is 15.4. The third kappa shape index (κ3) is 3.93. The fraction of sp³-hybridized carbons (Fsp3) is 0.312. The summed E-state index contributed by atoms with van der Waals surface area (Å²) in [5.74, 6) is -0.465. The molecule has 0 radical (unpaired) electrons. The van der Waals surface area contributed by atoms with Crippen LogP contribution < -0.4 is 5.32 Å². The van der Waals surface area contributed by atoms with Gasteiger partial charge in [-0.1, -0.05) is 12.1 Å². The number of esters is 1. The van der Waals surface area contributed by atoms with Crippen LogP contribution in [0.3, 0.4) is 0 Å². The Hall–Kier alpha value is -1.93. The molecule has 1 aliphatic rings. The molecule has 1 N–H and O–H groups in total. The normalized spacial score (nSPS) is 13.4. The molecule has 1 aromatic carbocycles. The van der Waals surface area contributed by atoms with E-state index in [1.165, 1.54) is 18.4 Å². The average molecular weight is 410 g/mol. The van der Waals surface area contributed by atoms with Gasteiger partial charge in [0.05, 0.1) is 19.3 Å². The SMILES string of the molecule is COC(=O)c1csc(CN(C(=O)Nc2ccccc2Br)C2CC2)n1. The Morgan fingerprint density at radius 3 is 2.83 bits per heavy atom. The number of aromatic nitrogens is 1. The number of ether oxygens (including phenoxy) is 1. The quantitative estimate of drug-likeness (QED) is 0.760. The Morgan fingerprint density at radius 2 is 2.17 bits per heavy atom. The van der Waals surface area contributed by atoms with E-state index in [1.807, 2.05) is 24.3 Å². The number of halogens is 1. The van der Waals surface area contributed by atoms with Crippen molar-refractivity contribution in [2.75, 3.05) is 12.4 Å². The molecule has 0 spiro atoms. The van der Waals surface area contributed by atoms with E-state index in [-0.39, 0.29) is 17.8 Å². The van der Waals surface area contributed by atoms with Crippen molar-refractivity contribution in [1.82, 2.24) is 9.88 Å². The van der Waals surface area contributed by atoms with Crippen molar-refractivity contribution in [2.24, 2.45) is 0 Å². The number of methoxy groups -OCH3 is 1. The van der Waals surface area contributed by atoms with Gasteiger partial charge in [0, 0.05) is 15.9 Å². The molecular weight excluding hydrogens is 394 g/mol. The summed E-state index contributed by atoms with van der Waals surface area (Å²) in [6, 6.07) is 7.53. The number of carbonyl (C=O) groups excluding carboxylic acids is 2. The number of amides is 2. The van der Waals surface area contributed by atoms with Gasteiger partial charge in [-0.05, 0) is 40.9 Å². The van der Waals surface area contributed by atoms with Crippen LogP contribution in [0.4, 0.5) is 10.5 Å². The Bertz CT molecular complexity index is 761. The molecule has 1 aromatic heterocycles. The second-order valence-corrected chi connectivity index (χ2v) is 7.18. The van der Waals surface area contributed by atoms with Crippen LogP contribution in [-0.2, 0) is 11.3 Å². The van der Waals surface area contributed by atoms with E-state index in [0.29, 0.717) is 11.6 Å². The monoisotopic (exact) mass is 409 g/mol. The maximum Gasteiger partial charge on any atom is 0.357 e. The first-order chi connectivity index (χ1) is 11.6. The molecule has 0 saturated heterocycles. The fourth-order valence-corrected chi connectivity index (χ4v) is 3.38. The van der Waals surface area contributed by atoms with Crippen molar-refractivity contribution in [3.63, 3.8) is 0 Å². The highest BCUT2D eigenvalue weighted by molar-refractivity contribution is 9.10. The van der Waals surface area contributed by atoms with Crippen LogP contribution in [0.1, 0.15) is 28.3 Å². The van der Waals surface area contributed by atoms with Gasteiger partial charge in [0.15, 0.2) is 5.69 Å². The average Bonchev–Trinajstić information content (AvgIpc) is 3.31. The molecule has 0 unspecified atom stereocenters. The standard InChI is InChI=1S/C16H16BrN3O3S/c1-23-15(21)13-9-24-14(18-13)8-20(10-6-7-10)16(22)19-12-5-3-2-4-11(12)17/h2-5,9-10H,6-8H2,1H3,(H,19,22). The lowest BCUT2D eigenvalue weighted by Gasteiger charge is -2.22. The molecule has 1 fully saturated rings. The summed E-state index contributed by atoms with van der Waals surface area (Å²) >= 11 is 4.78. The van der Waals surface area contributed by atoms with Crippen LogP contribution >= 0.6 is 27.3 Å². The summed E-state index contributed by atoms with van der Waals surface area (Å²) in [4.78, 5) is 30.1. The van der Waals surface area contributed by atoms with E-state index in [0.717, 1.165) is 23.0 Å². The molecular formula is C16H16BrN3O3S. The van der Waals surface area contributed by atoms with Crippen LogP contribution in [-0.4, -0.2) is 35.0 Å². The highest BCUT2D eigenvalue weighted by Crippen LogP contribution is 2.30. The number of nitrogens with one attached hydrogen (secondary N) is 1. The lowest BCUT2D eigenvalue weighted by Crippen LogP contribution is -2.36. The number of anilines is 1. The maximum absolute atomic E-state index is 12.6. The van der Waals surface area contributed by atoms with Gasteiger partial charge in [-0.25, -0.2) is 14.6 Å². The first-order valence-corrected chi connectivity index (χ1v) is 9.10. The summed E-state index contributed by atoms with van der Waals surface area (Å²) in [5.41, 5.74) is 1.00. The van der Waals surface area contributed by atoms with Crippen molar-refractivity contribution in [3.05, 3.63) is 44.8 Å². The Morgan fingerprint density at radius 1 is 1.42 bits per heavy atom. The minimum Gasteiger partial charge on any atom is -0.464 e. The van der Waals surface area contributed by atoms with E-state index in [4.69, 9.17) is 0 Å². The van der Waals surface area contributed by atoms with Crippen LogP contribution in [0.15, 0.2) is 34.1 Å². The first-order valence-electron chi connectivity index (χ1n) is 7.43. The van der Waals surface area contributed by atoms with E-state index in [9.17, 15) is 9.59 Å². The summed E-state index contributed by atoms with van der Waals surface area (Å²) in [6.45, 7) is 0.378. The molecule has 2 aromatic rings. The molecule has 1 aliphatic carbocycles. The van der Waals surface area contributed by atoms with Crippen molar-refractivity contribution in [1.29, 1.82) is 0 Å². The van der Waals surface area contributed by atoms with E-state index < -0.39 is 5.97 Å². The number of rotatable bonds is 5. The zero-order chi connectivity index (χ0) is 17.1. The Balaban J connectivity index is 1.71. The predicted octanol–water partition coefficient (Wildman–Crippen LogP) is 3.89. The van der Waals surface area contributed by atoms with Crippen LogP contribution in [0.5, 0.6) is 0 Å². The molecule has 2 amide bonds. The number of hydrogen-bond acceptors (Lipinski definition) is 5. The topological polar surface area (TPSA) is 71.5 Å². The molecule has 3 rings (SSSR count). The molecule has 8 heteroatoms. The number of nitrogens with zero attached hydrogens (tertiary/aromatic N) is 2. The van der Waals surface area contributed by atoms with E-state index >= 15 is 0 Å². The molecule has 0 aliphatic heterocycles. The molecule has 0 atom stereocenters. The Labute approximate surface area is 152 Å². The second kappa shape index (κ2) is 7.31. The van der Waals surface area contributed by atoms with Crippen molar-refractivity contribution in [3.8, 4) is 0 Å². The molecule has 1 heterocycles. The first kappa shape index (κ1) is 16.9. The summed E-state index contributed by atoms with van der Waals surface area (Å²) in [5, 5.41) is 5.28. The molecule has 24 heavy (non-hydrogen) atoms. The van der Waals surface area contributed by atoms with Gasteiger partial charge < -0.3 is 15.0 Å². The smallest absolute Gasteiger partial charge is 0.357 e. The van der Waals surface area contributed by atoms with Gasteiger partial charge in [-0.2, -0.15) is 0 Å². The summed E-state index contributed by atoms with van der Waals surface area (Å²) in [6.07, 6.45) is 1.97. The van der Waals surface area contributed by atoms with Gasteiger partial charge in [0.25, 0.3) is 0 Å². The van der Waals surface area contributed by atoms with Gasteiger partial charge in [0.2, 0.25) is 0 Å². The van der Waals surface area contributed by atoms with Gasteiger partial charge in [0.1, 0.15) is 5.01 Å². The summed E-state index contributed by atoms with van der Waals surface area (Å²) in [7, 11) is 1.32. The third-order valence-corrected chi connectivity index (χ3v) is 5.14. The van der Waals surface area contributed by atoms with Crippen LogP contribution in [0.2, 0.25) is 0 Å². The second-order valence-electron chi connectivity index (χ2n) is 5.39. The van der Waals surface area contributed by atoms with E-state index in [2.05, 4.69) is 31.0 Å². The number of thiazole rings is 1. The maximum atomic E-state index is 12.6. The van der Waals surface area contributed by atoms with Crippen molar-refractivity contribution < 1.29 is 14.3 Å². The molecule has 1 saturated carbocycles. The van der Waals surface area contributed by atoms with Crippen molar-refractivity contribution in [2.45, 2.75) is 25.4 Å². The van der Waals surface area contributed by atoms with E-state index in [1.54, 1.807) is 10.3 Å². The minimum absolute atomic E-state index is 0.167. The van der Waals surface area contributed by atoms with Gasteiger partial charge >= 0.3 is 12.0 Å². The molecule has 6 nitrogen and oxygen atoms in total. The number of urea groups is 1. The largest absolute Gasteiger partial charge is 0.464 e. The van der Waals surface area contributed by atoms with Gasteiger partial charge in [-0.15, -0.1) is 11.3 Å². The van der Waals surface area contributed by atoms with Gasteiger partial charge in [-0.3, -0.25) is 0 Å². The molecule has 126 valence electrons. The third-order valence-electron chi connectivity index (χ3n) is 3.62. The number of hydrogen-bond donors (Lipinski definition) is 1. The Kier molecular flexibility index (Phi) is 5.15. The van der Waals surface area contributed by atoms with Crippen molar-refractivity contribution >= 4 is 45.0 Å². The minimum atomic E-state index is -0.465. The summed E-state index contributed by atoms with van der Waals surface area (Å²) < 4.78 is 5.49. The molecule has 0 bridgehead atoms. The van der Waals surface area contributed by atoms with Crippen LogP contribution in [0.25, 0.3) is 0 Å². The lowest BCUT2D eigenvalue weighted by molar-refractivity contribution is 0.0594.